The molecule has 1 aromatic heterocycles. The van der Waals surface area contributed by atoms with Gasteiger partial charge in [0, 0.05) is 36.5 Å². The first-order valence-corrected chi connectivity index (χ1v) is 13.0. The van der Waals surface area contributed by atoms with Crippen LogP contribution in [-0.4, -0.2) is 50.0 Å². The van der Waals surface area contributed by atoms with Gasteiger partial charge >= 0.3 is 11.7 Å². The molecule has 10 heteroatoms. The maximum absolute atomic E-state index is 14.0. The van der Waals surface area contributed by atoms with E-state index in [-0.39, 0.29) is 43.1 Å². The maximum Gasteiger partial charge on any atom is 0.335 e. The van der Waals surface area contributed by atoms with Crippen LogP contribution < -0.4 is 5.69 Å². The number of aromatic nitrogens is 2. The van der Waals surface area contributed by atoms with Crippen LogP contribution in [0.3, 0.4) is 0 Å². The summed E-state index contributed by atoms with van der Waals surface area (Å²) in [4.78, 5) is 40.0. The summed E-state index contributed by atoms with van der Waals surface area (Å²) in [6.45, 7) is -0.0195. The number of aromatic carboxylic acids is 1. The van der Waals surface area contributed by atoms with Crippen molar-refractivity contribution in [1.82, 2.24) is 14.0 Å². The zero-order chi connectivity index (χ0) is 27.5. The third-order valence-corrected chi connectivity index (χ3v) is 7.99. The molecule has 6 rings (SSSR count). The fraction of sp³-hybridized carbons (Fsp3) is 0.276. The molecule has 0 atom stereocenters. The van der Waals surface area contributed by atoms with Crippen LogP contribution in [0.25, 0.3) is 16.7 Å². The Balaban J connectivity index is 1.41. The van der Waals surface area contributed by atoms with Gasteiger partial charge in [-0.3, -0.25) is 13.9 Å². The lowest BCUT2D eigenvalue weighted by Gasteiger charge is -2.31. The third kappa shape index (κ3) is 4.30. The Hall–Kier alpha value is -3.98. The molecule has 0 radical (unpaired) electrons. The van der Waals surface area contributed by atoms with Crippen LogP contribution in [0.15, 0.2) is 71.5 Å². The SMILES string of the molecule is O=C(O)c1cccc(C2(n3c(=O)n(-c4ccc(C(=O)N5CCC(F)(F)CC5)cc4)c4cc(Cl)ccc43)CC2)c1. The van der Waals surface area contributed by atoms with E-state index in [9.17, 15) is 28.3 Å². The third-order valence-electron chi connectivity index (χ3n) is 7.75. The van der Waals surface area contributed by atoms with Crippen molar-refractivity contribution in [3.63, 3.8) is 0 Å². The second-order valence-corrected chi connectivity index (χ2v) is 10.6. The number of hydrogen-bond donors (Lipinski definition) is 1. The van der Waals surface area contributed by atoms with Gasteiger partial charge in [0.25, 0.3) is 11.8 Å². The predicted molar refractivity (Wildman–Crippen MR) is 142 cm³/mol. The van der Waals surface area contributed by atoms with Gasteiger partial charge in [-0.2, -0.15) is 0 Å². The minimum Gasteiger partial charge on any atom is -0.478 e. The molecule has 2 fully saturated rings. The Kier molecular flexibility index (Phi) is 5.87. The highest BCUT2D eigenvalue weighted by atomic mass is 35.5. The van der Waals surface area contributed by atoms with E-state index >= 15 is 0 Å². The molecular weight excluding hydrogens is 528 g/mol. The molecule has 1 amide bonds. The standard InChI is InChI=1S/C29H24ClF2N3O4/c30-21-6-9-23-24(17-21)34(22-7-4-18(5-8-22)25(36)33-14-12-29(31,32)13-15-33)27(39)35(23)28(10-11-28)20-3-1-2-19(16-20)26(37)38/h1-9,16-17H,10-15H2,(H,37,38). The summed E-state index contributed by atoms with van der Waals surface area (Å²) in [5.41, 5.74) is 1.98. The minimum atomic E-state index is -2.74. The van der Waals surface area contributed by atoms with Crippen LogP contribution in [0.5, 0.6) is 0 Å². The summed E-state index contributed by atoms with van der Waals surface area (Å²) in [7, 11) is 0. The molecule has 1 saturated heterocycles. The quantitative estimate of drug-likeness (QED) is 0.352. The fourth-order valence-corrected chi connectivity index (χ4v) is 5.67. The number of amides is 1. The lowest BCUT2D eigenvalue weighted by molar-refractivity contribution is -0.0494. The Morgan fingerprint density at radius 3 is 2.18 bits per heavy atom. The van der Waals surface area contributed by atoms with Crippen LogP contribution in [0.2, 0.25) is 5.02 Å². The van der Waals surface area contributed by atoms with Crippen molar-refractivity contribution in [2.24, 2.45) is 0 Å². The number of hydrogen-bond acceptors (Lipinski definition) is 3. The van der Waals surface area contributed by atoms with E-state index in [0.29, 0.717) is 40.1 Å². The van der Waals surface area contributed by atoms with Gasteiger partial charge in [-0.15, -0.1) is 0 Å². The molecule has 0 unspecified atom stereocenters. The van der Waals surface area contributed by atoms with Gasteiger partial charge in [-0.05, 0) is 73.0 Å². The van der Waals surface area contributed by atoms with E-state index in [4.69, 9.17) is 11.6 Å². The van der Waals surface area contributed by atoms with Crippen molar-refractivity contribution >= 4 is 34.5 Å². The highest BCUT2D eigenvalue weighted by molar-refractivity contribution is 6.31. The van der Waals surface area contributed by atoms with Crippen molar-refractivity contribution in [2.45, 2.75) is 37.1 Å². The number of piperidine rings is 1. The van der Waals surface area contributed by atoms with Crippen LogP contribution in [0.4, 0.5) is 8.78 Å². The van der Waals surface area contributed by atoms with Crippen LogP contribution in [-0.2, 0) is 5.54 Å². The number of alkyl halides is 2. The van der Waals surface area contributed by atoms with Crippen molar-refractivity contribution in [3.05, 3.63) is 98.9 Å². The summed E-state index contributed by atoms with van der Waals surface area (Å²) >= 11 is 6.32. The molecule has 3 aromatic carbocycles. The van der Waals surface area contributed by atoms with Gasteiger partial charge in [-0.1, -0.05) is 23.7 Å². The topological polar surface area (TPSA) is 84.5 Å². The highest BCUT2D eigenvalue weighted by Crippen LogP contribution is 2.50. The Bertz CT molecular complexity index is 1680. The number of carboxylic acids is 1. The largest absolute Gasteiger partial charge is 0.478 e. The zero-order valence-electron chi connectivity index (χ0n) is 20.7. The van der Waals surface area contributed by atoms with Crippen molar-refractivity contribution < 1.29 is 23.5 Å². The summed E-state index contributed by atoms with van der Waals surface area (Å²) in [6, 6.07) is 18.3. The normalized spacial score (nSPS) is 17.8. The van der Waals surface area contributed by atoms with Crippen LogP contribution in [0, 0.1) is 0 Å². The second kappa shape index (κ2) is 9.05. The van der Waals surface area contributed by atoms with Gasteiger partial charge in [-0.25, -0.2) is 18.4 Å². The smallest absolute Gasteiger partial charge is 0.335 e. The molecule has 0 bridgehead atoms. The van der Waals surface area contributed by atoms with E-state index in [1.165, 1.54) is 15.5 Å². The highest BCUT2D eigenvalue weighted by Gasteiger charge is 2.49. The number of carbonyl (C=O) groups excluding carboxylic acids is 1. The number of carbonyl (C=O) groups is 2. The molecule has 1 aliphatic carbocycles. The summed E-state index contributed by atoms with van der Waals surface area (Å²) in [6.07, 6.45) is 0.618. The van der Waals surface area contributed by atoms with Gasteiger partial charge < -0.3 is 10.0 Å². The van der Waals surface area contributed by atoms with E-state index in [0.717, 1.165) is 5.56 Å². The number of carboxylic acid groups (broad SMARTS) is 1. The number of rotatable bonds is 5. The average molecular weight is 552 g/mol. The van der Waals surface area contributed by atoms with E-state index in [1.54, 1.807) is 59.2 Å². The first kappa shape index (κ1) is 25.3. The van der Waals surface area contributed by atoms with E-state index in [2.05, 4.69) is 0 Å². The molecule has 7 nitrogen and oxygen atoms in total. The van der Waals surface area contributed by atoms with Gasteiger partial charge in [0.15, 0.2) is 0 Å². The number of nitrogens with zero attached hydrogens (tertiary/aromatic N) is 3. The van der Waals surface area contributed by atoms with Crippen molar-refractivity contribution in [3.8, 4) is 5.69 Å². The Labute approximate surface area is 226 Å². The van der Waals surface area contributed by atoms with Gasteiger partial charge in [0.2, 0.25) is 0 Å². The molecule has 39 heavy (non-hydrogen) atoms. The van der Waals surface area contributed by atoms with Crippen LogP contribution >= 0.6 is 11.6 Å². The summed E-state index contributed by atoms with van der Waals surface area (Å²) in [5, 5.41) is 9.94. The molecule has 1 saturated carbocycles. The van der Waals surface area contributed by atoms with Gasteiger partial charge in [0.1, 0.15) is 0 Å². The van der Waals surface area contributed by atoms with Crippen molar-refractivity contribution in [1.29, 1.82) is 0 Å². The number of likely N-dealkylation sites (tertiary alicyclic amines) is 1. The Morgan fingerprint density at radius 1 is 0.846 bits per heavy atom. The van der Waals surface area contributed by atoms with Crippen LogP contribution in [0.1, 0.15) is 52.0 Å². The molecule has 2 aliphatic rings. The van der Waals surface area contributed by atoms with Crippen molar-refractivity contribution in [2.75, 3.05) is 13.1 Å². The molecular formula is C29H24ClF2N3O4. The lowest BCUT2D eigenvalue weighted by atomic mass is 10.0. The molecule has 1 N–H and O–H groups in total. The zero-order valence-corrected chi connectivity index (χ0v) is 21.5. The first-order chi connectivity index (χ1) is 18.6. The minimum absolute atomic E-state index is 0.00973. The number of fused-ring (bicyclic) bond motifs is 1. The Morgan fingerprint density at radius 2 is 1.54 bits per heavy atom. The number of imidazole rings is 1. The molecule has 0 spiro atoms. The molecule has 200 valence electrons. The molecule has 1 aliphatic heterocycles. The molecule has 4 aromatic rings. The summed E-state index contributed by atoms with van der Waals surface area (Å²) in [5.74, 6) is -4.11. The number of benzene rings is 3. The second-order valence-electron chi connectivity index (χ2n) is 10.2. The average Bonchev–Trinajstić information content (AvgIpc) is 3.66. The number of halogens is 3. The van der Waals surface area contributed by atoms with E-state index < -0.39 is 17.4 Å². The van der Waals surface area contributed by atoms with E-state index in [1.807, 2.05) is 6.07 Å². The first-order valence-electron chi connectivity index (χ1n) is 12.6. The predicted octanol–water partition coefficient (Wildman–Crippen LogP) is 5.55. The van der Waals surface area contributed by atoms with Gasteiger partial charge in [0.05, 0.1) is 27.8 Å². The monoisotopic (exact) mass is 551 g/mol. The lowest BCUT2D eigenvalue weighted by Crippen LogP contribution is -2.42. The fourth-order valence-electron chi connectivity index (χ4n) is 5.51. The summed E-state index contributed by atoms with van der Waals surface area (Å²) < 4.78 is 30.3. The molecule has 2 heterocycles. The maximum atomic E-state index is 14.0.